The molecule has 0 saturated carbocycles. The second kappa shape index (κ2) is 12.9. The Labute approximate surface area is 270 Å². The average Bonchev–Trinajstić information content (AvgIpc) is 3.67. The maximum absolute atomic E-state index is 14.1. The number of hydrogen-bond acceptors (Lipinski definition) is 9. The number of fused-ring (bicyclic) bond motifs is 2. The van der Waals surface area contributed by atoms with E-state index in [1.165, 1.54) is 4.57 Å². The predicted molar refractivity (Wildman–Crippen MR) is 166 cm³/mol. The number of ether oxygens (including phenoxy) is 2. The first kappa shape index (κ1) is 31.8. The summed E-state index contributed by atoms with van der Waals surface area (Å²) < 4.78 is 52.6. The van der Waals surface area contributed by atoms with Crippen molar-refractivity contribution in [3.63, 3.8) is 0 Å². The van der Waals surface area contributed by atoms with Gasteiger partial charge in [-0.25, -0.2) is 14.8 Å². The Hall–Kier alpha value is -4.17. The molecule has 2 aliphatic rings. The molecule has 4 aromatic rings. The van der Waals surface area contributed by atoms with Crippen molar-refractivity contribution in [1.82, 2.24) is 19.4 Å². The fourth-order valence-corrected chi connectivity index (χ4v) is 6.62. The van der Waals surface area contributed by atoms with Gasteiger partial charge in [-0.2, -0.15) is 13.2 Å². The molecule has 242 valence electrons. The summed E-state index contributed by atoms with van der Waals surface area (Å²) in [5.74, 6) is -0.0506. The van der Waals surface area contributed by atoms with Gasteiger partial charge in [0.2, 0.25) is 0 Å². The van der Waals surface area contributed by atoms with Gasteiger partial charge in [-0.3, -0.25) is 14.2 Å². The number of hydrogen-bond donors (Lipinski definition) is 1. The number of carbonyl (C=O) groups is 2. The lowest BCUT2D eigenvalue weighted by Crippen LogP contribution is -2.45. The van der Waals surface area contributed by atoms with E-state index < -0.39 is 17.0 Å². The first-order chi connectivity index (χ1) is 22.0. The van der Waals surface area contributed by atoms with Crippen LogP contribution in [-0.4, -0.2) is 63.3 Å². The third-order valence-corrected chi connectivity index (χ3v) is 9.36. The largest absolute Gasteiger partial charge is 0.465 e. The van der Waals surface area contributed by atoms with Crippen molar-refractivity contribution >= 4 is 51.6 Å². The van der Waals surface area contributed by atoms with Crippen LogP contribution < -0.4 is 10.9 Å². The van der Waals surface area contributed by atoms with E-state index in [4.69, 9.17) is 26.1 Å². The average molecular weight is 676 g/mol. The van der Waals surface area contributed by atoms with Crippen LogP contribution in [0.3, 0.4) is 0 Å². The fourth-order valence-electron chi connectivity index (χ4n) is 5.68. The second-order valence-electron chi connectivity index (χ2n) is 11.1. The molecule has 2 atom stereocenters. The van der Waals surface area contributed by atoms with Crippen molar-refractivity contribution < 1.29 is 32.2 Å². The minimum absolute atomic E-state index is 0.00869. The number of anilines is 1. The van der Waals surface area contributed by atoms with Gasteiger partial charge in [-0.1, -0.05) is 30.7 Å². The predicted octanol–water partition coefficient (Wildman–Crippen LogP) is 6.13. The van der Waals surface area contributed by atoms with Gasteiger partial charge in [0.15, 0.2) is 0 Å². The number of halogens is 4. The molecule has 10 nitrogen and oxygen atoms in total. The van der Waals surface area contributed by atoms with E-state index in [-0.39, 0.29) is 72.2 Å². The van der Waals surface area contributed by atoms with E-state index in [0.29, 0.717) is 52.8 Å². The van der Waals surface area contributed by atoms with Crippen LogP contribution in [0.2, 0.25) is 5.02 Å². The molecule has 2 aliphatic heterocycles. The van der Waals surface area contributed by atoms with E-state index in [9.17, 15) is 27.6 Å². The minimum Gasteiger partial charge on any atom is -0.465 e. The number of amides is 1. The normalized spacial score (nSPS) is 18.0. The molecule has 1 amide bonds. The Kier molecular flexibility index (Phi) is 8.92. The maximum atomic E-state index is 14.1. The lowest BCUT2D eigenvalue weighted by atomic mass is 9.97. The van der Waals surface area contributed by atoms with Crippen LogP contribution >= 0.6 is 22.9 Å². The molecule has 0 unspecified atom stereocenters. The van der Waals surface area contributed by atoms with E-state index in [0.717, 1.165) is 11.8 Å². The smallest absolute Gasteiger partial charge is 0.427 e. The molecule has 15 heteroatoms. The molecule has 0 bridgehead atoms. The highest BCUT2D eigenvalue weighted by atomic mass is 35.5. The number of benzene rings is 2. The summed E-state index contributed by atoms with van der Waals surface area (Å²) in [6, 6.07) is 9.92. The summed E-state index contributed by atoms with van der Waals surface area (Å²) in [4.78, 5) is 47.6. The summed E-state index contributed by atoms with van der Waals surface area (Å²) >= 11 is 6.56. The number of alkyl halides is 3. The van der Waals surface area contributed by atoms with Gasteiger partial charge in [0, 0.05) is 41.7 Å². The first-order valence-electron chi connectivity index (χ1n) is 14.7. The molecule has 1 N–H and O–H groups in total. The Balaban J connectivity index is 1.44. The molecule has 0 radical (unpaired) electrons. The van der Waals surface area contributed by atoms with Gasteiger partial charge in [-0.05, 0) is 42.7 Å². The number of thiazole rings is 1. The molecule has 4 heterocycles. The first-order valence-corrected chi connectivity index (χ1v) is 15.9. The fraction of sp³-hybridized carbons (Fsp3) is 0.387. The zero-order chi connectivity index (χ0) is 32.6. The molecule has 2 saturated heterocycles. The van der Waals surface area contributed by atoms with Crippen molar-refractivity contribution in [2.75, 3.05) is 25.1 Å². The summed E-state index contributed by atoms with van der Waals surface area (Å²) in [5, 5.41) is 4.33. The van der Waals surface area contributed by atoms with Crippen LogP contribution in [0.15, 0.2) is 47.4 Å². The van der Waals surface area contributed by atoms with Gasteiger partial charge in [0.05, 0.1) is 36.3 Å². The number of piperidine rings is 1. The number of cyclic esters (lactones) is 1. The molecule has 2 fully saturated rings. The number of esters is 1. The molecular formula is C31H29ClF3N5O5S. The minimum atomic E-state index is -4.57. The van der Waals surface area contributed by atoms with E-state index in [1.807, 2.05) is 0 Å². The van der Waals surface area contributed by atoms with Gasteiger partial charge >= 0.3 is 18.2 Å². The highest BCUT2D eigenvalue weighted by Gasteiger charge is 2.38. The van der Waals surface area contributed by atoms with E-state index in [2.05, 4.69) is 10.3 Å². The van der Waals surface area contributed by atoms with Gasteiger partial charge in [0.1, 0.15) is 22.3 Å². The zero-order valence-corrected chi connectivity index (χ0v) is 26.2. The zero-order valence-electron chi connectivity index (χ0n) is 24.6. The van der Waals surface area contributed by atoms with Crippen molar-refractivity contribution in [2.24, 2.45) is 0 Å². The number of rotatable bonds is 9. The highest BCUT2D eigenvalue weighted by Crippen LogP contribution is 2.40. The number of aromatic nitrogens is 3. The summed E-state index contributed by atoms with van der Waals surface area (Å²) in [6.07, 6.45) is -2.68. The second-order valence-corrected chi connectivity index (χ2v) is 12.6. The van der Waals surface area contributed by atoms with Crippen molar-refractivity contribution in [2.45, 2.75) is 57.4 Å². The van der Waals surface area contributed by atoms with Crippen molar-refractivity contribution in [3.8, 4) is 10.6 Å². The Morgan fingerprint density at radius 2 is 2.00 bits per heavy atom. The number of nitrogens with one attached hydrogen (secondary N) is 1. The molecule has 2 aromatic heterocycles. The van der Waals surface area contributed by atoms with Crippen molar-refractivity contribution in [1.29, 1.82) is 0 Å². The molecule has 0 spiro atoms. The molecule has 0 aliphatic carbocycles. The summed E-state index contributed by atoms with van der Waals surface area (Å²) in [5.41, 5.74) is 1.48. The van der Waals surface area contributed by atoms with Crippen LogP contribution in [0.4, 0.5) is 23.7 Å². The third-order valence-electron chi connectivity index (χ3n) is 8.03. The van der Waals surface area contributed by atoms with Crippen LogP contribution in [0.25, 0.3) is 21.5 Å². The third kappa shape index (κ3) is 6.68. The van der Waals surface area contributed by atoms with Gasteiger partial charge < -0.3 is 19.7 Å². The highest BCUT2D eigenvalue weighted by molar-refractivity contribution is 7.15. The Morgan fingerprint density at radius 1 is 1.22 bits per heavy atom. The number of carbonyl (C=O) groups excluding carboxylic acids is 2. The van der Waals surface area contributed by atoms with E-state index >= 15 is 0 Å². The topological polar surface area (TPSA) is 116 Å². The van der Waals surface area contributed by atoms with Crippen molar-refractivity contribution in [3.05, 3.63) is 74.2 Å². The molecule has 6 rings (SSSR count). The van der Waals surface area contributed by atoms with Crippen LogP contribution in [0, 0.1) is 0 Å². The molecule has 46 heavy (non-hydrogen) atoms. The summed E-state index contributed by atoms with van der Waals surface area (Å²) in [6.45, 7) is 2.55. The lowest BCUT2D eigenvalue weighted by Gasteiger charge is -2.33. The quantitative estimate of drug-likeness (QED) is 0.211. The molecular weight excluding hydrogens is 647 g/mol. The Bertz CT molecular complexity index is 1850. The monoisotopic (exact) mass is 675 g/mol. The van der Waals surface area contributed by atoms with Gasteiger partial charge in [0.25, 0.3) is 5.56 Å². The number of nitrogens with zero attached hydrogens (tertiary/aromatic N) is 4. The SMILES string of the molecule is CCC(=O)OCCc1nc2cc(-c3ncc(C(F)(F)F)s3)c(N[C@H]3CCN4C(=O)OC[C@@H]4C3)cc2c(=O)n1Cc1ccc(Cl)cc1. The van der Waals surface area contributed by atoms with Crippen LogP contribution in [0.1, 0.15) is 42.5 Å². The maximum Gasteiger partial charge on any atom is 0.427 e. The van der Waals surface area contributed by atoms with Gasteiger partial charge in [-0.15, -0.1) is 11.3 Å². The summed E-state index contributed by atoms with van der Waals surface area (Å²) in [7, 11) is 0. The molecule has 2 aromatic carbocycles. The standard InChI is InChI=1S/C31H29ClF3N5O5S/c1-2-27(41)44-10-8-26-38-24-12-21(28-36-14-25(46-28)31(33,34)35)23(37-19-7-9-39-20(11-19)16-45-30(39)43)13-22(24)29(42)40(26)15-17-3-5-18(32)6-4-17/h3-6,12-14,19-20,37H,2,7-11,15-16H2,1H3/t19-,20-/m0/s1. The lowest BCUT2D eigenvalue weighted by molar-refractivity contribution is -0.143. The van der Waals surface area contributed by atoms with E-state index in [1.54, 1.807) is 48.2 Å². The van der Waals surface area contributed by atoms with Crippen LogP contribution in [-0.2, 0) is 33.4 Å². The van der Waals surface area contributed by atoms with Crippen LogP contribution in [0.5, 0.6) is 0 Å². The Morgan fingerprint density at radius 3 is 2.72 bits per heavy atom.